The molecule has 1 aromatic heterocycles. The molecule has 0 radical (unpaired) electrons. The van der Waals surface area contributed by atoms with Crippen LogP contribution in [0.4, 0.5) is 15.1 Å². The third-order valence-corrected chi connectivity index (χ3v) is 5.63. The van der Waals surface area contributed by atoms with E-state index in [0.29, 0.717) is 22.6 Å². The third-order valence-electron chi connectivity index (χ3n) is 4.42. The highest BCUT2D eigenvalue weighted by Crippen LogP contribution is 2.34. The average molecular weight is 442 g/mol. The number of halogens is 1. The molecule has 0 fully saturated rings. The van der Waals surface area contributed by atoms with Crippen LogP contribution in [0.25, 0.3) is 0 Å². The van der Waals surface area contributed by atoms with Gasteiger partial charge >= 0.3 is 5.97 Å². The predicted molar refractivity (Wildman–Crippen MR) is 116 cm³/mol. The second kappa shape index (κ2) is 9.40. The largest absolute Gasteiger partial charge is 0.497 e. The number of rotatable bonds is 6. The summed E-state index contributed by atoms with van der Waals surface area (Å²) < 4.78 is 23.0. The van der Waals surface area contributed by atoms with Crippen molar-refractivity contribution >= 4 is 39.8 Å². The number of carbonyl (C=O) groups excluding carboxylic acids is 3. The SMILES string of the molecule is COC(=O)c1c(NC(=O)c2ccc(OC)cc2)sc(C(=O)Nc2ccc(F)cc2)c1C. The maximum atomic E-state index is 13.1. The molecule has 0 unspecified atom stereocenters. The van der Waals surface area contributed by atoms with Gasteiger partial charge in [-0.05, 0) is 61.0 Å². The molecule has 2 aromatic carbocycles. The Bertz CT molecular complexity index is 1120. The highest BCUT2D eigenvalue weighted by atomic mass is 32.1. The molecule has 1 heterocycles. The van der Waals surface area contributed by atoms with E-state index in [-0.39, 0.29) is 15.4 Å². The molecule has 0 spiro atoms. The normalized spacial score (nSPS) is 10.3. The summed E-state index contributed by atoms with van der Waals surface area (Å²) in [5.74, 6) is -1.47. The van der Waals surface area contributed by atoms with E-state index in [1.807, 2.05) is 0 Å². The van der Waals surface area contributed by atoms with E-state index in [2.05, 4.69) is 10.6 Å². The quantitative estimate of drug-likeness (QED) is 0.549. The first-order valence-electron chi connectivity index (χ1n) is 9.08. The minimum atomic E-state index is -0.681. The van der Waals surface area contributed by atoms with Gasteiger partial charge in [0.1, 0.15) is 16.6 Å². The molecule has 3 rings (SSSR count). The fourth-order valence-corrected chi connectivity index (χ4v) is 3.89. The van der Waals surface area contributed by atoms with Gasteiger partial charge in [0.25, 0.3) is 11.8 Å². The average Bonchev–Trinajstić information content (AvgIpc) is 3.10. The van der Waals surface area contributed by atoms with Crippen LogP contribution < -0.4 is 15.4 Å². The minimum absolute atomic E-state index is 0.0959. The lowest BCUT2D eigenvalue weighted by molar-refractivity contribution is 0.0601. The summed E-state index contributed by atoms with van der Waals surface area (Å²) in [6.07, 6.45) is 0. The van der Waals surface area contributed by atoms with Crippen molar-refractivity contribution in [1.82, 2.24) is 0 Å². The number of nitrogens with one attached hydrogen (secondary N) is 2. The summed E-state index contributed by atoms with van der Waals surface area (Å²) in [6, 6.07) is 11.7. The van der Waals surface area contributed by atoms with Crippen molar-refractivity contribution < 1.29 is 28.2 Å². The summed E-state index contributed by atoms with van der Waals surface area (Å²) in [5.41, 5.74) is 1.20. The van der Waals surface area contributed by atoms with Crippen LogP contribution >= 0.6 is 11.3 Å². The van der Waals surface area contributed by atoms with Gasteiger partial charge in [0, 0.05) is 11.3 Å². The molecule has 160 valence electrons. The Morgan fingerprint density at radius 2 is 1.55 bits per heavy atom. The molecule has 0 aliphatic carbocycles. The van der Waals surface area contributed by atoms with Crippen LogP contribution in [-0.2, 0) is 4.74 Å². The van der Waals surface area contributed by atoms with Gasteiger partial charge in [-0.1, -0.05) is 0 Å². The predicted octanol–water partition coefficient (Wildman–Crippen LogP) is 4.50. The fraction of sp³-hybridized carbons (Fsp3) is 0.136. The highest BCUT2D eigenvalue weighted by Gasteiger charge is 2.26. The molecular weight excluding hydrogens is 423 g/mol. The molecule has 0 aliphatic rings. The Hall–Kier alpha value is -3.72. The number of hydrogen-bond acceptors (Lipinski definition) is 6. The molecule has 0 bridgehead atoms. The Balaban J connectivity index is 1.90. The Morgan fingerprint density at radius 1 is 0.903 bits per heavy atom. The van der Waals surface area contributed by atoms with E-state index < -0.39 is 23.6 Å². The number of esters is 1. The summed E-state index contributed by atoms with van der Waals surface area (Å²) in [5, 5.41) is 5.51. The summed E-state index contributed by atoms with van der Waals surface area (Å²) in [4.78, 5) is 38.0. The van der Waals surface area contributed by atoms with Gasteiger partial charge in [-0.25, -0.2) is 9.18 Å². The molecule has 9 heteroatoms. The second-order valence-corrected chi connectivity index (χ2v) is 7.42. The number of methoxy groups -OCH3 is 2. The first-order valence-corrected chi connectivity index (χ1v) is 9.89. The van der Waals surface area contributed by atoms with Gasteiger partial charge in [-0.2, -0.15) is 0 Å². The van der Waals surface area contributed by atoms with Gasteiger partial charge in [0.2, 0.25) is 0 Å². The summed E-state index contributed by atoms with van der Waals surface area (Å²) in [7, 11) is 2.73. The number of carbonyl (C=O) groups is 3. The maximum absolute atomic E-state index is 13.1. The second-order valence-electron chi connectivity index (χ2n) is 6.40. The van der Waals surface area contributed by atoms with Crippen LogP contribution in [0.5, 0.6) is 5.75 Å². The highest BCUT2D eigenvalue weighted by molar-refractivity contribution is 7.19. The third kappa shape index (κ3) is 4.89. The van der Waals surface area contributed by atoms with Gasteiger partial charge < -0.3 is 20.1 Å². The number of anilines is 2. The van der Waals surface area contributed by atoms with Crippen molar-refractivity contribution in [3.63, 3.8) is 0 Å². The molecule has 2 N–H and O–H groups in total. The first kappa shape index (κ1) is 22.0. The first-order chi connectivity index (χ1) is 14.8. The Morgan fingerprint density at radius 3 is 2.13 bits per heavy atom. The zero-order valence-electron chi connectivity index (χ0n) is 16.9. The molecule has 7 nitrogen and oxygen atoms in total. The van der Waals surface area contributed by atoms with E-state index in [1.54, 1.807) is 31.2 Å². The van der Waals surface area contributed by atoms with Crippen LogP contribution in [-0.4, -0.2) is 32.0 Å². The van der Waals surface area contributed by atoms with Crippen LogP contribution in [0.2, 0.25) is 0 Å². The van der Waals surface area contributed by atoms with Gasteiger partial charge in [0.15, 0.2) is 0 Å². The molecule has 3 aromatic rings. The number of benzene rings is 2. The lowest BCUT2D eigenvalue weighted by Gasteiger charge is -2.07. The zero-order valence-corrected chi connectivity index (χ0v) is 17.8. The minimum Gasteiger partial charge on any atom is -0.497 e. The lowest BCUT2D eigenvalue weighted by atomic mass is 10.1. The Labute approximate surface area is 181 Å². The monoisotopic (exact) mass is 442 g/mol. The molecule has 0 atom stereocenters. The fourth-order valence-electron chi connectivity index (χ4n) is 2.80. The van der Waals surface area contributed by atoms with Gasteiger partial charge in [-0.15, -0.1) is 11.3 Å². The Kier molecular flexibility index (Phi) is 6.66. The molecule has 0 aliphatic heterocycles. The molecular formula is C22H19FN2O5S. The molecule has 0 saturated heterocycles. The molecule has 2 amide bonds. The van der Waals surface area contributed by atoms with Crippen molar-refractivity contribution in [1.29, 1.82) is 0 Å². The molecule has 31 heavy (non-hydrogen) atoms. The van der Waals surface area contributed by atoms with Crippen LogP contribution in [0.15, 0.2) is 48.5 Å². The van der Waals surface area contributed by atoms with E-state index in [9.17, 15) is 18.8 Å². The van der Waals surface area contributed by atoms with Crippen molar-refractivity contribution in [2.45, 2.75) is 6.92 Å². The number of hydrogen-bond donors (Lipinski definition) is 2. The van der Waals surface area contributed by atoms with Gasteiger partial charge in [-0.3, -0.25) is 9.59 Å². The topological polar surface area (TPSA) is 93.7 Å². The standard InChI is InChI=1S/C22H19FN2O5S/c1-12-17(22(28)30-3)21(25-19(26)13-4-10-16(29-2)11-5-13)31-18(12)20(27)24-15-8-6-14(23)7-9-15/h4-11H,1-3H3,(H,24,27)(H,25,26). The van der Waals surface area contributed by atoms with Crippen LogP contribution in [0.3, 0.4) is 0 Å². The van der Waals surface area contributed by atoms with Crippen molar-refractivity contribution in [2.75, 3.05) is 24.9 Å². The number of thiophene rings is 1. The van der Waals surface area contributed by atoms with Crippen LogP contribution in [0, 0.1) is 12.7 Å². The van der Waals surface area contributed by atoms with E-state index in [0.717, 1.165) is 11.3 Å². The molecule has 0 saturated carbocycles. The van der Waals surface area contributed by atoms with Crippen molar-refractivity contribution in [3.8, 4) is 5.75 Å². The zero-order chi connectivity index (χ0) is 22.5. The van der Waals surface area contributed by atoms with E-state index in [1.165, 1.54) is 38.5 Å². The lowest BCUT2D eigenvalue weighted by Crippen LogP contribution is -2.14. The van der Waals surface area contributed by atoms with E-state index in [4.69, 9.17) is 9.47 Å². The van der Waals surface area contributed by atoms with Crippen molar-refractivity contribution in [3.05, 3.63) is 75.9 Å². The van der Waals surface area contributed by atoms with Gasteiger partial charge in [0.05, 0.1) is 24.7 Å². The number of ether oxygens (including phenoxy) is 2. The number of amides is 2. The maximum Gasteiger partial charge on any atom is 0.341 e. The summed E-state index contributed by atoms with van der Waals surface area (Å²) in [6.45, 7) is 1.59. The smallest absolute Gasteiger partial charge is 0.341 e. The summed E-state index contributed by atoms with van der Waals surface area (Å²) >= 11 is 0.947. The van der Waals surface area contributed by atoms with Crippen molar-refractivity contribution in [2.24, 2.45) is 0 Å². The van der Waals surface area contributed by atoms with E-state index >= 15 is 0 Å². The van der Waals surface area contributed by atoms with Crippen LogP contribution in [0.1, 0.15) is 36.0 Å².